The number of amides is 1. The number of para-hydroxylation sites is 1. The lowest BCUT2D eigenvalue weighted by molar-refractivity contribution is -0.137. The van der Waals surface area contributed by atoms with E-state index in [1.807, 2.05) is 48.3 Å². The molecule has 6 nitrogen and oxygen atoms in total. The summed E-state index contributed by atoms with van der Waals surface area (Å²) in [5.74, 6) is -0.188. The second-order valence-corrected chi connectivity index (χ2v) is 5.76. The zero-order valence-electron chi connectivity index (χ0n) is 14.3. The highest BCUT2D eigenvalue weighted by Gasteiger charge is 2.08. The number of unbranched alkanes of at least 4 members (excludes halogenated alkanes) is 2. The van der Waals surface area contributed by atoms with Crippen molar-refractivity contribution in [1.82, 2.24) is 10.3 Å². The van der Waals surface area contributed by atoms with Gasteiger partial charge in [-0.15, -0.1) is 0 Å². The number of anilines is 2. The normalized spacial score (nSPS) is 10.3. The number of carboxylic acids is 1. The Morgan fingerprint density at radius 3 is 2.48 bits per heavy atom. The van der Waals surface area contributed by atoms with E-state index in [1.165, 1.54) is 0 Å². The third-order valence-electron chi connectivity index (χ3n) is 3.85. The topological polar surface area (TPSA) is 82.5 Å². The first-order valence-corrected chi connectivity index (χ1v) is 8.33. The first-order chi connectivity index (χ1) is 12.1. The number of carbonyl (C=O) groups is 2. The van der Waals surface area contributed by atoms with Gasteiger partial charge in [-0.3, -0.25) is 9.59 Å². The number of pyridine rings is 1. The summed E-state index contributed by atoms with van der Waals surface area (Å²) in [4.78, 5) is 28.8. The molecule has 0 aliphatic rings. The quantitative estimate of drug-likeness (QED) is 0.684. The Balaban J connectivity index is 1.81. The SMILES string of the molecule is CN(c1ccccc1)c1ccc(C(=O)NCCCCCC(=O)O)cn1. The molecule has 0 fully saturated rings. The molecule has 0 aliphatic carbocycles. The Bertz CT molecular complexity index is 687. The summed E-state index contributed by atoms with van der Waals surface area (Å²) < 4.78 is 0. The monoisotopic (exact) mass is 341 g/mol. The molecule has 1 aromatic heterocycles. The highest BCUT2D eigenvalue weighted by Crippen LogP contribution is 2.20. The first kappa shape index (κ1) is 18.4. The van der Waals surface area contributed by atoms with Crippen molar-refractivity contribution < 1.29 is 14.7 Å². The molecule has 0 saturated heterocycles. The highest BCUT2D eigenvalue weighted by molar-refractivity contribution is 5.94. The number of aliphatic carboxylic acids is 1. The fourth-order valence-electron chi connectivity index (χ4n) is 2.38. The molecule has 1 aromatic carbocycles. The molecule has 1 heterocycles. The molecule has 0 unspecified atom stereocenters. The van der Waals surface area contributed by atoms with Crippen molar-refractivity contribution in [3.8, 4) is 0 Å². The number of hydrogen-bond donors (Lipinski definition) is 2. The Hall–Kier alpha value is -2.89. The predicted molar refractivity (Wildman–Crippen MR) is 97.2 cm³/mol. The Morgan fingerprint density at radius 1 is 1.08 bits per heavy atom. The van der Waals surface area contributed by atoms with E-state index >= 15 is 0 Å². The molecule has 0 atom stereocenters. The molecule has 2 aromatic rings. The molecule has 0 radical (unpaired) electrons. The number of nitrogens with zero attached hydrogens (tertiary/aromatic N) is 2. The van der Waals surface area contributed by atoms with Gasteiger partial charge < -0.3 is 15.3 Å². The van der Waals surface area contributed by atoms with Crippen molar-refractivity contribution in [3.63, 3.8) is 0 Å². The molecule has 25 heavy (non-hydrogen) atoms. The van der Waals surface area contributed by atoms with Crippen LogP contribution in [0.5, 0.6) is 0 Å². The van der Waals surface area contributed by atoms with E-state index in [-0.39, 0.29) is 12.3 Å². The molecule has 2 N–H and O–H groups in total. The summed E-state index contributed by atoms with van der Waals surface area (Å²) in [5.41, 5.74) is 1.53. The summed E-state index contributed by atoms with van der Waals surface area (Å²) in [5, 5.41) is 11.4. The minimum Gasteiger partial charge on any atom is -0.481 e. The van der Waals surface area contributed by atoms with Gasteiger partial charge in [0.15, 0.2) is 0 Å². The van der Waals surface area contributed by atoms with Crippen LogP contribution < -0.4 is 10.2 Å². The molecule has 0 aliphatic heterocycles. The van der Waals surface area contributed by atoms with Gasteiger partial charge in [-0.1, -0.05) is 24.6 Å². The van der Waals surface area contributed by atoms with Gasteiger partial charge in [0.1, 0.15) is 5.82 Å². The van der Waals surface area contributed by atoms with Crippen molar-refractivity contribution in [2.45, 2.75) is 25.7 Å². The second-order valence-electron chi connectivity index (χ2n) is 5.76. The average molecular weight is 341 g/mol. The molecule has 0 bridgehead atoms. The van der Waals surface area contributed by atoms with Crippen LogP contribution in [0.4, 0.5) is 11.5 Å². The van der Waals surface area contributed by atoms with E-state index in [9.17, 15) is 9.59 Å². The summed E-state index contributed by atoms with van der Waals surface area (Å²) in [6.07, 6.45) is 3.92. The van der Waals surface area contributed by atoms with Crippen LogP contribution in [0.1, 0.15) is 36.0 Å². The number of rotatable bonds is 9. The Morgan fingerprint density at radius 2 is 1.84 bits per heavy atom. The van der Waals surface area contributed by atoms with Crippen molar-refractivity contribution in [2.24, 2.45) is 0 Å². The smallest absolute Gasteiger partial charge is 0.303 e. The van der Waals surface area contributed by atoms with Gasteiger partial charge in [-0.2, -0.15) is 0 Å². The van der Waals surface area contributed by atoms with Crippen LogP contribution in [-0.4, -0.2) is 35.6 Å². The van der Waals surface area contributed by atoms with E-state index in [0.717, 1.165) is 24.3 Å². The molecule has 6 heteroatoms. The van der Waals surface area contributed by atoms with E-state index in [0.29, 0.717) is 18.5 Å². The lowest BCUT2D eigenvalue weighted by Gasteiger charge is -2.18. The fraction of sp³-hybridized carbons (Fsp3) is 0.316. The number of hydrogen-bond acceptors (Lipinski definition) is 4. The number of benzene rings is 1. The minimum absolute atomic E-state index is 0.167. The second kappa shape index (κ2) is 9.42. The maximum Gasteiger partial charge on any atom is 0.303 e. The summed E-state index contributed by atoms with van der Waals surface area (Å²) in [7, 11) is 1.93. The van der Waals surface area contributed by atoms with Gasteiger partial charge in [0.05, 0.1) is 5.56 Å². The van der Waals surface area contributed by atoms with E-state index < -0.39 is 5.97 Å². The zero-order chi connectivity index (χ0) is 18.1. The average Bonchev–Trinajstić information content (AvgIpc) is 2.64. The minimum atomic E-state index is -0.782. The van der Waals surface area contributed by atoms with Gasteiger partial charge in [0, 0.05) is 31.9 Å². The van der Waals surface area contributed by atoms with Crippen LogP contribution in [0.15, 0.2) is 48.7 Å². The Kier molecular flexibility index (Phi) is 6.95. The van der Waals surface area contributed by atoms with Crippen molar-refractivity contribution in [3.05, 3.63) is 54.2 Å². The predicted octanol–water partition coefficient (Wildman–Crippen LogP) is 3.22. The molecule has 1 amide bonds. The van der Waals surface area contributed by atoms with Crippen LogP contribution in [0.3, 0.4) is 0 Å². The first-order valence-electron chi connectivity index (χ1n) is 8.33. The standard InChI is InChI=1S/C19H23N3O3/c1-22(16-8-4-2-5-9-16)17-12-11-15(14-21-17)19(25)20-13-7-3-6-10-18(23)24/h2,4-5,8-9,11-12,14H,3,6-7,10,13H2,1H3,(H,20,25)(H,23,24). The maximum atomic E-state index is 12.1. The van der Waals surface area contributed by atoms with Gasteiger partial charge in [-0.05, 0) is 37.1 Å². The van der Waals surface area contributed by atoms with Gasteiger partial charge in [-0.25, -0.2) is 4.98 Å². The van der Waals surface area contributed by atoms with Crippen LogP contribution in [0, 0.1) is 0 Å². The zero-order valence-corrected chi connectivity index (χ0v) is 14.3. The van der Waals surface area contributed by atoms with Crippen molar-refractivity contribution in [1.29, 1.82) is 0 Å². The van der Waals surface area contributed by atoms with Crippen LogP contribution >= 0.6 is 0 Å². The van der Waals surface area contributed by atoms with Gasteiger partial charge in [0.25, 0.3) is 5.91 Å². The van der Waals surface area contributed by atoms with E-state index in [4.69, 9.17) is 5.11 Å². The van der Waals surface area contributed by atoms with Crippen molar-refractivity contribution in [2.75, 3.05) is 18.5 Å². The Labute approximate surface area is 147 Å². The van der Waals surface area contributed by atoms with Gasteiger partial charge >= 0.3 is 5.97 Å². The highest BCUT2D eigenvalue weighted by atomic mass is 16.4. The van der Waals surface area contributed by atoms with Crippen LogP contribution in [-0.2, 0) is 4.79 Å². The summed E-state index contributed by atoms with van der Waals surface area (Å²) >= 11 is 0. The number of carbonyl (C=O) groups excluding carboxylic acids is 1. The van der Waals surface area contributed by atoms with E-state index in [1.54, 1.807) is 12.3 Å². The summed E-state index contributed by atoms with van der Waals surface area (Å²) in [6, 6.07) is 13.4. The summed E-state index contributed by atoms with van der Waals surface area (Å²) in [6.45, 7) is 0.532. The molecular formula is C19H23N3O3. The molecule has 0 saturated carbocycles. The number of aromatic nitrogens is 1. The van der Waals surface area contributed by atoms with Crippen LogP contribution in [0.25, 0.3) is 0 Å². The maximum absolute atomic E-state index is 12.1. The fourth-order valence-corrected chi connectivity index (χ4v) is 2.38. The number of nitrogens with one attached hydrogen (secondary N) is 1. The molecule has 132 valence electrons. The third-order valence-corrected chi connectivity index (χ3v) is 3.85. The lowest BCUT2D eigenvalue weighted by atomic mass is 10.2. The molecular weight excluding hydrogens is 318 g/mol. The molecule has 0 spiro atoms. The van der Waals surface area contributed by atoms with Crippen molar-refractivity contribution >= 4 is 23.4 Å². The third kappa shape index (κ3) is 5.91. The molecule has 2 rings (SSSR count). The van der Waals surface area contributed by atoms with Gasteiger partial charge in [0.2, 0.25) is 0 Å². The van der Waals surface area contributed by atoms with E-state index in [2.05, 4.69) is 10.3 Å². The van der Waals surface area contributed by atoms with Crippen LogP contribution in [0.2, 0.25) is 0 Å². The largest absolute Gasteiger partial charge is 0.481 e. The number of carboxylic acid groups (broad SMARTS) is 1. The lowest BCUT2D eigenvalue weighted by Crippen LogP contribution is -2.24.